The standard InChI is InChI=1S/C21H19ClN4O2/c1-24(2)14-8-6-7-13(11-14)20-19-16(12-18(27)25(20)3)23-26(21(19)28)17-10-5-4-9-15(17)22/h4-12,23H,1-3H3/i3D3. The molecule has 0 saturated heterocycles. The Kier molecular flexibility index (Phi) is 3.55. The van der Waals surface area contributed by atoms with Crippen molar-refractivity contribution in [3.8, 4) is 16.9 Å². The van der Waals surface area contributed by atoms with Crippen molar-refractivity contribution in [1.29, 1.82) is 0 Å². The highest BCUT2D eigenvalue weighted by atomic mass is 35.5. The lowest BCUT2D eigenvalue weighted by molar-refractivity contribution is 0.863. The Morgan fingerprint density at radius 2 is 1.86 bits per heavy atom. The number of hydrogen-bond donors (Lipinski definition) is 1. The minimum Gasteiger partial charge on any atom is -0.378 e. The van der Waals surface area contributed by atoms with Crippen LogP contribution in [0.5, 0.6) is 0 Å². The van der Waals surface area contributed by atoms with E-state index in [-0.39, 0.29) is 16.6 Å². The van der Waals surface area contributed by atoms with E-state index >= 15 is 0 Å². The molecule has 2 aromatic heterocycles. The molecule has 0 fully saturated rings. The van der Waals surface area contributed by atoms with Crippen LogP contribution in [-0.2, 0) is 6.98 Å². The molecule has 0 aliphatic carbocycles. The Labute approximate surface area is 170 Å². The van der Waals surface area contributed by atoms with Gasteiger partial charge >= 0.3 is 0 Å². The summed E-state index contributed by atoms with van der Waals surface area (Å²) < 4.78 is 25.7. The molecule has 0 radical (unpaired) electrons. The van der Waals surface area contributed by atoms with Crippen molar-refractivity contribution in [1.82, 2.24) is 14.3 Å². The zero-order valence-corrected chi connectivity index (χ0v) is 16.0. The second kappa shape index (κ2) is 6.73. The SMILES string of the molecule is [2H]C([2H])([2H])n1c(-c2cccc(N(C)C)c2)c2c(=O)n(-c3ccccc3Cl)[nH]c2cc1=O. The number of aromatic amines is 1. The molecule has 142 valence electrons. The number of benzene rings is 2. The van der Waals surface area contributed by atoms with Gasteiger partial charge in [0.05, 0.1) is 27.3 Å². The quantitative estimate of drug-likeness (QED) is 0.576. The van der Waals surface area contributed by atoms with E-state index in [0.717, 1.165) is 11.8 Å². The van der Waals surface area contributed by atoms with Gasteiger partial charge in [0.15, 0.2) is 0 Å². The van der Waals surface area contributed by atoms with Crippen molar-refractivity contribution in [3.63, 3.8) is 0 Å². The number of aromatic nitrogens is 3. The molecule has 2 aromatic carbocycles. The number of pyridine rings is 1. The van der Waals surface area contributed by atoms with Crippen LogP contribution in [-0.4, -0.2) is 28.4 Å². The molecular formula is C21H19ClN4O2. The number of fused-ring (bicyclic) bond motifs is 1. The molecule has 0 aliphatic rings. The Hall–Kier alpha value is -3.25. The summed E-state index contributed by atoms with van der Waals surface area (Å²) in [5, 5.41) is 3.32. The molecule has 0 unspecified atom stereocenters. The third kappa shape index (κ3) is 2.82. The van der Waals surface area contributed by atoms with Crippen LogP contribution in [0.4, 0.5) is 5.69 Å². The maximum Gasteiger partial charge on any atom is 0.281 e. The Bertz CT molecular complexity index is 1420. The topological polar surface area (TPSA) is 63.0 Å². The molecule has 0 saturated carbocycles. The largest absolute Gasteiger partial charge is 0.378 e. The molecule has 4 rings (SSSR count). The lowest BCUT2D eigenvalue weighted by Gasteiger charge is -2.15. The molecule has 0 aliphatic heterocycles. The molecule has 0 amide bonds. The summed E-state index contributed by atoms with van der Waals surface area (Å²) in [5.41, 5.74) is 0.621. The van der Waals surface area contributed by atoms with Crippen molar-refractivity contribution in [2.45, 2.75) is 0 Å². The first kappa shape index (κ1) is 14.8. The molecule has 0 spiro atoms. The van der Waals surface area contributed by atoms with Crippen LogP contribution < -0.4 is 16.0 Å². The fourth-order valence-corrected chi connectivity index (χ4v) is 3.43. The molecule has 2 heterocycles. The van der Waals surface area contributed by atoms with Crippen LogP contribution in [0, 0.1) is 0 Å². The van der Waals surface area contributed by atoms with Gasteiger partial charge in [0.25, 0.3) is 11.1 Å². The van der Waals surface area contributed by atoms with Crippen LogP contribution in [0.3, 0.4) is 0 Å². The van der Waals surface area contributed by atoms with Gasteiger partial charge in [0.1, 0.15) is 0 Å². The number of H-pyrrole nitrogens is 1. The molecule has 0 atom stereocenters. The highest BCUT2D eigenvalue weighted by Gasteiger charge is 2.19. The molecule has 6 nitrogen and oxygen atoms in total. The second-order valence-electron chi connectivity index (χ2n) is 6.60. The lowest BCUT2D eigenvalue weighted by atomic mass is 10.1. The van der Waals surface area contributed by atoms with Crippen LogP contribution in [0.2, 0.25) is 5.02 Å². The van der Waals surface area contributed by atoms with E-state index in [4.69, 9.17) is 15.7 Å². The third-order valence-electron chi connectivity index (χ3n) is 4.60. The summed E-state index contributed by atoms with van der Waals surface area (Å²) in [6.45, 7) is -2.78. The summed E-state index contributed by atoms with van der Waals surface area (Å²) in [4.78, 5) is 28.1. The highest BCUT2D eigenvalue weighted by molar-refractivity contribution is 6.32. The van der Waals surface area contributed by atoms with E-state index in [0.29, 0.717) is 20.8 Å². The molecular weight excluding hydrogens is 376 g/mol. The van der Waals surface area contributed by atoms with E-state index in [1.807, 2.05) is 25.1 Å². The Morgan fingerprint density at radius 1 is 1.07 bits per heavy atom. The second-order valence-corrected chi connectivity index (χ2v) is 7.01. The lowest BCUT2D eigenvalue weighted by Crippen LogP contribution is -2.20. The zero-order chi connectivity index (χ0) is 22.5. The van der Waals surface area contributed by atoms with Crippen molar-refractivity contribution >= 4 is 28.2 Å². The summed E-state index contributed by atoms with van der Waals surface area (Å²) >= 11 is 6.26. The first-order chi connectivity index (χ1) is 14.6. The van der Waals surface area contributed by atoms with Gasteiger partial charge in [0, 0.05) is 42.5 Å². The van der Waals surface area contributed by atoms with E-state index in [9.17, 15) is 9.59 Å². The zero-order valence-electron chi connectivity index (χ0n) is 18.2. The van der Waals surface area contributed by atoms with Crippen LogP contribution in [0.15, 0.2) is 64.2 Å². The number of para-hydroxylation sites is 1. The van der Waals surface area contributed by atoms with Gasteiger partial charge in [0.2, 0.25) is 0 Å². The Balaban J connectivity index is 2.17. The summed E-state index contributed by atoms with van der Waals surface area (Å²) in [6.07, 6.45) is 0. The Morgan fingerprint density at radius 3 is 2.57 bits per heavy atom. The van der Waals surface area contributed by atoms with Gasteiger partial charge in [-0.1, -0.05) is 35.9 Å². The van der Waals surface area contributed by atoms with Crippen molar-refractivity contribution in [2.24, 2.45) is 6.98 Å². The van der Waals surface area contributed by atoms with E-state index in [1.54, 1.807) is 42.5 Å². The van der Waals surface area contributed by atoms with E-state index in [2.05, 4.69) is 5.10 Å². The fraction of sp³-hybridized carbons (Fsp3) is 0.143. The molecule has 7 heteroatoms. The first-order valence-electron chi connectivity index (χ1n) is 10.0. The van der Waals surface area contributed by atoms with Crippen LogP contribution >= 0.6 is 11.6 Å². The number of anilines is 1. The number of rotatable bonds is 3. The van der Waals surface area contributed by atoms with E-state index < -0.39 is 18.1 Å². The van der Waals surface area contributed by atoms with Crippen molar-refractivity contribution in [2.75, 3.05) is 19.0 Å². The number of hydrogen-bond acceptors (Lipinski definition) is 3. The highest BCUT2D eigenvalue weighted by Crippen LogP contribution is 2.28. The maximum atomic E-state index is 13.4. The number of nitrogens with zero attached hydrogens (tertiary/aromatic N) is 3. The van der Waals surface area contributed by atoms with Crippen LogP contribution in [0.1, 0.15) is 4.11 Å². The van der Waals surface area contributed by atoms with Crippen molar-refractivity contribution < 1.29 is 4.11 Å². The number of nitrogens with one attached hydrogen (secondary N) is 1. The summed E-state index contributed by atoms with van der Waals surface area (Å²) in [7, 11) is 3.69. The molecule has 28 heavy (non-hydrogen) atoms. The van der Waals surface area contributed by atoms with Crippen LogP contribution in [0.25, 0.3) is 27.8 Å². The monoisotopic (exact) mass is 397 g/mol. The smallest absolute Gasteiger partial charge is 0.281 e. The molecule has 1 N–H and O–H groups in total. The first-order valence-corrected chi connectivity index (χ1v) is 8.91. The average molecular weight is 398 g/mol. The van der Waals surface area contributed by atoms with Gasteiger partial charge in [-0.15, -0.1) is 0 Å². The van der Waals surface area contributed by atoms with Crippen molar-refractivity contribution in [3.05, 3.63) is 80.3 Å². The average Bonchev–Trinajstić information content (AvgIpc) is 3.02. The molecule has 4 aromatic rings. The predicted octanol–water partition coefficient (Wildman–Crippen LogP) is 3.40. The minimum absolute atomic E-state index is 0.0262. The summed E-state index contributed by atoms with van der Waals surface area (Å²) in [5.74, 6) is 0. The van der Waals surface area contributed by atoms with Gasteiger partial charge in [-0.05, 0) is 24.3 Å². The van der Waals surface area contributed by atoms with Gasteiger partial charge in [-0.2, -0.15) is 0 Å². The molecule has 0 bridgehead atoms. The third-order valence-corrected chi connectivity index (χ3v) is 4.92. The van der Waals surface area contributed by atoms with Gasteiger partial charge in [-0.3, -0.25) is 14.7 Å². The normalized spacial score (nSPS) is 13.2. The number of halogens is 1. The fourth-order valence-electron chi connectivity index (χ4n) is 3.20. The minimum atomic E-state index is -2.78. The van der Waals surface area contributed by atoms with Gasteiger partial charge < -0.3 is 9.47 Å². The van der Waals surface area contributed by atoms with E-state index in [1.165, 1.54) is 4.68 Å². The summed E-state index contributed by atoms with van der Waals surface area (Å²) in [6, 6.07) is 14.9. The van der Waals surface area contributed by atoms with Gasteiger partial charge in [-0.25, -0.2) is 4.68 Å². The predicted molar refractivity (Wildman–Crippen MR) is 114 cm³/mol. The maximum absolute atomic E-state index is 13.4.